The van der Waals surface area contributed by atoms with Crippen LogP contribution < -0.4 is 14.2 Å². The highest BCUT2D eigenvalue weighted by molar-refractivity contribution is 7.71. The minimum atomic E-state index is 0.407. The molecule has 0 aliphatic heterocycles. The molecular weight excluding hydrogens is 364 g/mol. The molecule has 27 heavy (non-hydrogen) atoms. The minimum Gasteiger partial charge on any atom is -0.493 e. The van der Waals surface area contributed by atoms with Crippen LogP contribution in [-0.4, -0.2) is 35.3 Å². The lowest BCUT2D eigenvalue weighted by atomic mass is 10.2. The van der Waals surface area contributed by atoms with Crippen LogP contribution in [0.25, 0.3) is 0 Å². The van der Waals surface area contributed by atoms with Gasteiger partial charge in [0.1, 0.15) is 12.4 Å². The van der Waals surface area contributed by atoms with Crippen molar-refractivity contribution in [3.05, 3.63) is 64.2 Å². The number of aryl methyl sites for hydroxylation is 1. The molecule has 140 valence electrons. The lowest BCUT2D eigenvalue weighted by Gasteiger charge is -2.15. The van der Waals surface area contributed by atoms with Crippen molar-refractivity contribution in [3.63, 3.8) is 0 Å². The summed E-state index contributed by atoms with van der Waals surface area (Å²) in [4.78, 5) is 0. The summed E-state index contributed by atoms with van der Waals surface area (Å²) in [5, 5.41) is 11.1. The molecule has 1 heterocycles. The van der Waals surface area contributed by atoms with Crippen LogP contribution >= 0.6 is 12.2 Å². The first-order valence-electron chi connectivity index (χ1n) is 8.23. The molecule has 0 saturated heterocycles. The Balaban J connectivity index is 1.88. The molecule has 3 aromatic rings. The number of H-pyrrole nitrogens is 1. The number of nitrogens with zero attached hydrogens (tertiary/aromatic N) is 3. The molecule has 7 nitrogen and oxygen atoms in total. The van der Waals surface area contributed by atoms with Crippen LogP contribution in [0.4, 0.5) is 0 Å². The van der Waals surface area contributed by atoms with Gasteiger partial charge in [0.15, 0.2) is 11.5 Å². The van der Waals surface area contributed by atoms with Gasteiger partial charge < -0.3 is 14.2 Å². The van der Waals surface area contributed by atoms with Crippen molar-refractivity contribution in [2.45, 2.75) is 13.5 Å². The highest BCUT2D eigenvalue weighted by atomic mass is 32.1. The highest BCUT2D eigenvalue weighted by Gasteiger charge is 2.14. The van der Waals surface area contributed by atoms with Gasteiger partial charge >= 0.3 is 0 Å². The van der Waals surface area contributed by atoms with Crippen LogP contribution in [0.2, 0.25) is 0 Å². The summed E-state index contributed by atoms with van der Waals surface area (Å²) in [7, 11) is 3.17. The molecule has 2 aromatic carbocycles. The third-order valence-corrected chi connectivity index (χ3v) is 4.11. The Morgan fingerprint density at radius 3 is 2.37 bits per heavy atom. The summed E-state index contributed by atoms with van der Waals surface area (Å²) in [6.07, 6.45) is 1.66. The normalized spacial score (nSPS) is 10.9. The van der Waals surface area contributed by atoms with Crippen molar-refractivity contribution in [2.24, 2.45) is 5.10 Å². The van der Waals surface area contributed by atoms with Gasteiger partial charge in [-0.05, 0) is 36.8 Å². The number of benzene rings is 2. The van der Waals surface area contributed by atoms with Crippen molar-refractivity contribution in [1.29, 1.82) is 0 Å². The molecule has 0 radical (unpaired) electrons. The molecule has 0 unspecified atom stereocenters. The Morgan fingerprint density at radius 2 is 1.81 bits per heavy atom. The fourth-order valence-corrected chi connectivity index (χ4v) is 2.70. The number of aromatic amines is 1. The van der Waals surface area contributed by atoms with E-state index in [1.54, 1.807) is 20.4 Å². The number of methoxy groups -OCH3 is 2. The van der Waals surface area contributed by atoms with E-state index in [0.717, 1.165) is 11.1 Å². The SMILES string of the molecule is COc1cc(/C=N\n2c(C)n[nH]c2=S)cc(OC)c1OCc1ccccc1. The molecule has 0 atom stereocenters. The number of rotatable bonds is 7. The number of nitrogens with one attached hydrogen (secondary N) is 1. The Bertz CT molecular complexity index is 971. The molecule has 0 spiro atoms. The first kappa shape index (κ1) is 18.7. The quantitative estimate of drug-likeness (QED) is 0.496. The zero-order valence-corrected chi connectivity index (χ0v) is 16.1. The molecule has 1 aromatic heterocycles. The summed E-state index contributed by atoms with van der Waals surface area (Å²) in [6.45, 7) is 2.22. The van der Waals surface area contributed by atoms with Gasteiger partial charge in [0, 0.05) is 5.56 Å². The molecule has 8 heteroatoms. The second kappa shape index (κ2) is 8.50. The highest BCUT2D eigenvalue weighted by Crippen LogP contribution is 2.38. The van der Waals surface area contributed by atoms with E-state index in [4.69, 9.17) is 26.4 Å². The summed E-state index contributed by atoms with van der Waals surface area (Å²) >= 11 is 5.15. The Hall–Kier alpha value is -3.13. The minimum absolute atomic E-state index is 0.407. The van der Waals surface area contributed by atoms with E-state index in [0.29, 0.717) is 34.5 Å². The van der Waals surface area contributed by atoms with Gasteiger partial charge in [-0.15, -0.1) is 0 Å². The van der Waals surface area contributed by atoms with Gasteiger partial charge in [-0.1, -0.05) is 30.3 Å². The molecule has 0 saturated carbocycles. The smallest absolute Gasteiger partial charge is 0.216 e. The zero-order chi connectivity index (χ0) is 19.2. The van der Waals surface area contributed by atoms with Crippen molar-refractivity contribution >= 4 is 18.4 Å². The second-order valence-corrected chi connectivity index (χ2v) is 6.05. The lowest BCUT2D eigenvalue weighted by Crippen LogP contribution is -2.01. The number of hydrogen-bond acceptors (Lipinski definition) is 6. The molecule has 3 rings (SSSR count). The van der Waals surface area contributed by atoms with Crippen LogP contribution in [0.1, 0.15) is 17.0 Å². The van der Waals surface area contributed by atoms with E-state index in [1.807, 2.05) is 49.4 Å². The second-order valence-electron chi connectivity index (χ2n) is 5.66. The number of ether oxygens (including phenoxy) is 3. The average Bonchev–Trinajstić information content (AvgIpc) is 3.02. The summed E-state index contributed by atoms with van der Waals surface area (Å²) in [5.74, 6) is 2.31. The van der Waals surface area contributed by atoms with Crippen molar-refractivity contribution in [3.8, 4) is 17.2 Å². The first-order valence-corrected chi connectivity index (χ1v) is 8.64. The van der Waals surface area contributed by atoms with Gasteiger partial charge in [0.2, 0.25) is 10.5 Å². The fourth-order valence-electron chi connectivity index (χ4n) is 2.48. The molecule has 0 amide bonds. The van der Waals surface area contributed by atoms with E-state index in [1.165, 1.54) is 4.68 Å². The van der Waals surface area contributed by atoms with E-state index >= 15 is 0 Å². The van der Waals surface area contributed by atoms with E-state index in [9.17, 15) is 0 Å². The van der Waals surface area contributed by atoms with E-state index < -0.39 is 0 Å². The van der Waals surface area contributed by atoms with Crippen molar-refractivity contribution in [2.75, 3.05) is 14.2 Å². The Morgan fingerprint density at radius 1 is 1.15 bits per heavy atom. The largest absolute Gasteiger partial charge is 0.493 e. The van der Waals surface area contributed by atoms with Crippen LogP contribution in [0.5, 0.6) is 17.2 Å². The van der Waals surface area contributed by atoms with Gasteiger partial charge in [-0.25, -0.2) is 0 Å². The fraction of sp³-hybridized carbons (Fsp3) is 0.211. The predicted molar refractivity (Wildman–Crippen MR) is 105 cm³/mol. The molecule has 0 aliphatic rings. The molecule has 0 bridgehead atoms. The van der Waals surface area contributed by atoms with Crippen LogP contribution in [0.15, 0.2) is 47.6 Å². The standard InChI is InChI=1S/C19H20N4O3S/c1-13-21-22-19(27)23(13)20-11-15-9-16(24-2)18(17(10-15)25-3)26-12-14-7-5-4-6-8-14/h4-11H,12H2,1-3H3,(H,22,27)/b20-11-. The van der Waals surface area contributed by atoms with Gasteiger partial charge in [0.25, 0.3) is 0 Å². The van der Waals surface area contributed by atoms with E-state index in [2.05, 4.69) is 15.3 Å². The lowest BCUT2D eigenvalue weighted by molar-refractivity contribution is 0.266. The van der Waals surface area contributed by atoms with Crippen LogP contribution in [-0.2, 0) is 6.61 Å². The third kappa shape index (κ3) is 4.35. The molecule has 0 aliphatic carbocycles. The monoisotopic (exact) mass is 384 g/mol. The topological polar surface area (TPSA) is 73.7 Å². The number of aromatic nitrogens is 3. The molecular formula is C19H20N4O3S. The Kier molecular flexibility index (Phi) is 5.87. The van der Waals surface area contributed by atoms with Gasteiger partial charge in [0.05, 0.1) is 20.4 Å². The van der Waals surface area contributed by atoms with Gasteiger partial charge in [-0.3, -0.25) is 5.10 Å². The first-order chi connectivity index (χ1) is 13.1. The predicted octanol–water partition coefficient (Wildman–Crippen LogP) is 3.73. The Labute approximate surface area is 162 Å². The summed E-state index contributed by atoms with van der Waals surface area (Å²) < 4.78 is 18.9. The molecule has 1 N–H and O–H groups in total. The average molecular weight is 384 g/mol. The van der Waals surface area contributed by atoms with Crippen molar-refractivity contribution < 1.29 is 14.2 Å². The van der Waals surface area contributed by atoms with Gasteiger partial charge in [-0.2, -0.15) is 14.9 Å². The maximum atomic E-state index is 5.95. The summed E-state index contributed by atoms with van der Waals surface area (Å²) in [6, 6.07) is 13.5. The van der Waals surface area contributed by atoms with Crippen molar-refractivity contribution in [1.82, 2.24) is 14.9 Å². The summed E-state index contributed by atoms with van der Waals surface area (Å²) in [5.41, 5.74) is 1.83. The zero-order valence-electron chi connectivity index (χ0n) is 15.3. The maximum absolute atomic E-state index is 5.95. The number of hydrogen-bond donors (Lipinski definition) is 1. The third-order valence-electron chi connectivity index (χ3n) is 3.84. The van der Waals surface area contributed by atoms with Crippen LogP contribution in [0.3, 0.4) is 0 Å². The molecule has 0 fully saturated rings. The van der Waals surface area contributed by atoms with E-state index in [-0.39, 0.29) is 0 Å². The maximum Gasteiger partial charge on any atom is 0.216 e. The van der Waals surface area contributed by atoms with Crippen LogP contribution in [0, 0.1) is 11.7 Å².